The highest BCUT2D eigenvalue weighted by Gasteiger charge is 2.38. The van der Waals surface area contributed by atoms with Crippen LogP contribution in [0.4, 0.5) is 0 Å². The average molecular weight is 318 g/mol. The fourth-order valence-electron chi connectivity index (χ4n) is 2.15. The third-order valence-electron chi connectivity index (χ3n) is 3.32. The fraction of sp³-hybridized carbons (Fsp3) is 0.500. The highest BCUT2D eigenvalue weighted by atomic mass is 79.9. The van der Waals surface area contributed by atoms with Gasteiger partial charge in [0.1, 0.15) is 9.84 Å². The summed E-state index contributed by atoms with van der Waals surface area (Å²) in [5, 5.41) is 3.25. The van der Waals surface area contributed by atoms with Crippen LogP contribution < -0.4 is 5.32 Å². The Morgan fingerprint density at radius 1 is 1.41 bits per heavy atom. The molecule has 0 amide bonds. The first-order valence-corrected chi connectivity index (χ1v) is 8.41. The molecule has 1 aromatic rings. The van der Waals surface area contributed by atoms with Crippen molar-refractivity contribution in [2.24, 2.45) is 0 Å². The molecule has 0 unspecified atom stereocenters. The van der Waals surface area contributed by atoms with E-state index in [0.29, 0.717) is 6.42 Å². The van der Waals surface area contributed by atoms with Crippen LogP contribution in [0.15, 0.2) is 28.7 Å². The van der Waals surface area contributed by atoms with Crippen molar-refractivity contribution in [1.82, 2.24) is 5.32 Å². The maximum absolute atomic E-state index is 11.3. The molecule has 1 N–H and O–H groups in total. The van der Waals surface area contributed by atoms with Crippen LogP contribution in [0.3, 0.4) is 0 Å². The summed E-state index contributed by atoms with van der Waals surface area (Å²) in [7, 11) is -2.89. The molecular weight excluding hydrogens is 302 g/mol. The highest BCUT2D eigenvalue weighted by Crippen LogP contribution is 2.33. The van der Waals surface area contributed by atoms with Gasteiger partial charge >= 0.3 is 0 Å². The summed E-state index contributed by atoms with van der Waals surface area (Å²) >= 11 is 3.46. The van der Waals surface area contributed by atoms with Crippen LogP contribution in [0.5, 0.6) is 0 Å². The van der Waals surface area contributed by atoms with Crippen LogP contribution in [0.25, 0.3) is 0 Å². The van der Waals surface area contributed by atoms with Crippen LogP contribution in [0, 0.1) is 0 Å². The van der Waals surface area contributed by atoms with Crippen molar-refractivity contribution in [2.75, 3.05) is 25.1 Å². The van der Waals surface area contributed by atoms with Crippen molar-refractivity contribution < 1.29 is 8.42 Å². The first kappa shape index (κ1) is 13.1. The molecule has 17 heavy (non-hydrogen) atoms. The normalized spacial score (nSPS) is 18.7. The highest BCUT2D eigenvalue weighted by molar-refractivity contribution is 9.10. The van der Waals surface area contributed by atoms with Crippen molar-refractivity contribution in [3.8, 4) is 0 Å². The predicted octanol–water partition coefficient (Wildman–Crippen LogP) is 1.72. The first-order chi connectivity index (χ1) is 7.91. The van der Waals surface area contributed by atoms with Crippen molar-refractivity contribution >= 4 is 25.8 Å². The van der Waals surface area contributed by atoms with Gasteiger partial charge in [-0.15, -0.1) is 0 Å². The summed E-state index contributed by atoms with van der Waals surface area (Å²) in [6.45, 7) is 1.72. The van der Waals surface area contributed by atoms with Crippen molar-refractivity contribution in [1.29, 1.82) is 0 Å². The minimum absolute atomic E-state index is 0.00708. The van der Waals surface area contributed by atoms with Crippen LogP contribution >= 0.6 is 15.9 Å². The zero-order valence-electron chi connectivity index (χ0n) is 9.74. The van der Waals surface area contributed by atoms with E-state index in [1.807, 2.05) is 12.1 Å². The second kappa shape index (κ2) is 4.71. The molecule has 0 aliphatic carbocycles. The number of nitrogens with one attached hydrogen (secondary N) is 1. The monoisotopic (exact) mass is 317 g/mol. The number of rotatable bonds is 4. The smallest absolute Gasteiger partial charge is 0.147 e. The average Bonchev–Trinajstić information content (AvgIpc) is 2.14. The molecule has 0 aromatic heterocycles. The molecule has 0 bridgehead atoms. The van der Waals surface area contributed by atoms with Crippen LogP contribution in [-0.4, -0.2) is 33.5 Å². The fourth-order valence-corrected chi connectivity index (χ4v) is 3.31. The predicted molar refractivity (Wildman–Crippen MR) is 73.0 cm³/mol. The van der Waals surface area contributed by atoms with E-state index in [9.17, 15) is 8.42 Å². The van der Waals surface area contributed by atoms with Gasteiger partial charge in [-0.25, -0.2) is 8.42 Å². The second-order valence-corrected chi connectivity index (χ2v) is 7.95. The maximum Gasteiger partial charge on any atom is 0.147 e. The van der Waals surface area contributed by atoms with E-state index < -0.39 is 9.84 Å². The molecule has 94 valence electrons. The Labute approximate surface area is 111 Å². The van der Waals surface area contributed by atoms with Gasteiger partial charge in [-0.3, -0.25) is 0 Å². The van der Waals surface area contributed by atoms with E-state index in [0.717, 1.165) is 17.6 Å². The molecule has 1 saturated heterocycles. The van der Waals surface area contributed by atoms with Gasteiger partial charge in [0.25, 0.3) is 0 Å². The van der Waals surface area contributed by atoms with E-state index in [2.05, 4.69) is 33.4 Å². The number of hydrogen-bond donors (Lipinski definition) is 1. The van der Waals surface area contributed by atoms with Crippen LogP contribution in [0.1, 0.15) is 12.0 Å². The van der Waals surface area contributed by atoms with Gasteiger partial charge in [0.05, 0.1) is 5.75 Å². The van der Waals surface area contributed by atoms with Gasteiger partial charge in [-0.2, -0.15) is 0 Å². The van der Waals surface area contributed by atoms with Crippen molar-refractivity contribution in [2.45, 2.75) is 11.8 Å². The zero-order valence-corrected chi connectivity index (χ0v) is 12.1. The van der Waals surface area contributed by atoms with Crippen LogP contribution in [-0.2, 0) is 15.3 Å². The molecule has 1 aliphatic heterocycles. The minimum atomic E-state index is -2.89. The lowest BCUT2D eigenvalue weighted by atomic mass is 9.73. The lowest BCUT2D eigenvalue weighted by Crippen LogP contribution is -2.57. The SMILES string of the molecule is CS(=O)(=O)CCC1(c2cccc(Br)c2)CNC1. The maximum atomic E-state index is 11.3. The summed E-state index contributed by atoms with van der Waals surface area (Å²) in [5.41, 5.74) is 1.21. The van der Waals surface area contributed by atoms with Gasteiger partial charge in [-0.05, 0) is 24.1 Å². The minimum Gasteiger partial charge on any atom is -0.315 e. The molecule has 1 aliphatic rings. The first-order valence-electron chi connectivity index (χ1n) is 5.56. The van der Waals surface area contributed by atoms with E-state index in [4.69, 9.17) is 0 Å². The van der Waals surface area contributed by atoms with Gasteiger partial charge in [0, 0.05) is 29.2 Å². The summed E-state index contributed by atoms with van der Waals surface area (Å²) in [5.74, 6) is 0.251. The Balaban J connectivity index is 2.20. The van der Waals surface area contributed by atoms with E-state index in [1.54, 1.807) is 0 Å². The molecule has 0 saturated carbocycles. The molecule has 3 nitrogen and oxygen atoms in total. The molecule has 5 heteroatoms. The number of halogens is 1. The summed E-state index contributed by atoms with van der Waals surface area (Å²) in [4.78, 5) is 0. The van der Waals surface area contributed by atoms with Gasteiger partial charge in [0.15, 0.2) is 0 Å². The quantitative estimate of drug-likeness (QED) is 0.920. The van der Waals surface area contributed by atoms with Gasteiger partial charge in [0.2, 0.25) is 0 Å². The van der Waals surface area contributed by atoms with Crippen molar-refractivity contribution in [3.05, 3.63) is 34.3 Å². The Kier molecular flexibility index (Phi) is 3.61. The van der Waals surface area contributed by atoms with Gasteiger partial charge < -0.3 is 5.32 Å². The third kappa shape index (κ3) is 3.09. The second-order valence-electron chi connectivity index (χ2n) is 4.77. The number of sulfone groups is 1. The lowest BCUT2D eigenvalue weighted by molar-refractivity contribution is 0.268. The molecule has 0 spiro atoms. The van der Waals surface area contributed by atoms with Crippen LogP contribution in [0.2, 0.25) is 0 Å². The Morgan fingerprint density at radius 2 is 2.12 bits per heavy atom. The standard InChI is InChI=1S/C12H16BrNO2S/c1-17(15,16)6-5-12(8-14-9-12)10-3-2-4-11(13)7-10/h2-4,7,14H,5-6,8-9H2,1H3. The Hall–Kier alpha value is -0.390. The summed E-state index contributed by atoms with van der Waals surface area (Å²) < 4.78 is 23.6. The summed E-state index contributed by atoms with van der Waals surface area (Å²) in [6.07, 6.45) is 1.99. The molecule has 0 radical (unpaired) electrons. The largest absolute Gasteiger partial charge is 0.315 e. The molecule has 0 atom stereocenters. The molecule has 2 rings (SSSR count). The Bertz CT molecular complexity index is 509. The van der Waals surface area contributed by atoms with Crippen molar-refractivity contribution in [3.63, 3.8) is 0 Å². The lowest BCUT2D eigenvalue weighted by Gasteiger charge is -2.43. The van der Waals surface area contributed by atoms with Gasteiger partial charge in [-0.1, -0.05) is 28.1 Å². The van der Waals surface area contributed by atoms with E-state index in [-0.39, 0.29) is 11.2 Å². The Morgan fingerprint density at radius 3 is 2.59 bits per heavy atom. The third-order valence-corrected chi connectivity index (χ3v) is 4.75. The molecule has 1 fully saturated rings. The molecular formula is C12H16BrNO2S. The molecule has 1 heterocycles. The number of benzene rings is 1. The number of hydrogen-bond acceptors (Lipinski definition) is 3. The summed E-state index contributed by atoms with van der Waals surface area (Å²) in [6, 6.07) is 8.15. The molecule has 1 aromatic carbocycles. The van der Waals surface area contributed by atoms with E-state index >= 15 is 0 Å². The zero-order chi connectivity index (χ0) is 12.5. The topological polar surface area (TPSA) is 46.2 Å². The van der Waals surface area contributed by atoms with E-state index in [1.165, 1.54) is 11.8 Å².